The quantitative estimate of drug-likeness (QED) is 0.463. The summed E-state index contributed by atoms with van der Waals surface area (Å²) in [6, 6.07) is 7.22. The molecule has 10 heteroatoms. The molecule has 0 spiro atoms. The molecule has 1 atom stereocenters. The third kappa shape index (κ3) is 2.78. The molecule has 9 nitrogen and oxygen atoms in total. The summed E-state index contributed by atoms with van der Waals surface area (Å²) >= 11 is 6.30. The number of hydrogen-bond acceptors (Lipinski definition) is 6. The predicted octanol–water partition coefficient (Wildman–Crippen LogP) is 3.53. The first-order valence-electron chi connectivity index (χ1n) is 9.37. The maximum absolute atomic E-state index is 12.8. The van der Waals surface area contributed by atoms with Crippen molar-refractivity contribution >= 4 is 39.9 Å². The van der Waals surface area contributed by atoms with E-state index in [-0.39, 0.29) is 11.9 Å². The molecule has 0 unspecified atom stereocenters. The smallest absolute Gasteiger partial charge is 0.271 e. The van der Waals surface area contributed by atoms with Gasteiger partial charge in [0.1, 0.15) is 11.2 Å². The van der Waals surface area contributed by atoms with E-state index in [0.717, 1.165) is 11.1 Å². The first-order chi connectivity index (χ1) is 14.6. The number of carbonyl (C=O) groups is 1. The number of ether oxygens (including phenoxy) is 1. The van der Waals surface area contributed by atoms with Crippen LogP contribution >= 0.6 is 11.6 Å². The van der Waals surface area contributed by atoms with Crippen LogP contribution in [0.25, 0.3) is 22.3 Å². The van der Waals surface area contributed by atoms with Crippen molar-refractivity contribution in [1.29, 1.82) is 0 Å². The van der Waals surface area contributed by atoms with Crippen molar-refractivity contribution in [3.05, 3.63) is 47.4 Å². The lowest BCUT2D eigenvalue weighted by Gasteiger charge is -2.22. The Morgan fingerprint density at radius 2 is 2.20 bits per heavy atom. The van der Waals surface area contributed by atoms with Gasteiger partial charge in [-0.05, 0) is 25.1 Å². The lowest BCUT2D eigenvalue weighted by molar-refractivity contribution is 0.0914. The van der Waals surface area contributed by atoms with Gasteiger partial charge in [0.25, 0.3) is 5.91 Å². The molecule has 4 aromatic rings. The fourth-order valence-corrected chi connectivity index (χ4v) is 3.94. The molecule has 3 N–H and O–H groups in total. The number of nitrogens with zero attached hydrogens (tertiary/aromatic N) is 4. The van der Waals surface area contributed by atoms with E-state index in [4.69, 9.17) is 21.4 Å². The molecule has 1 aliphatic heterocycles. The first-order valence-corrected chi connectivity index (χ1v) is 9.75. The molecule has 152 valence electrons. The van der Waals surface area contributed by atoms with Crippen molar-refractivity contribution in [3.63, 3.8) is 0 Å². The number of hydrogen-bond donors (Lipinski definition) is 3. The fourth-order valence-electron chi connectivity index (χ4n) is 3.69. The summed E-state index contributed by atoms with van der Waals surface area (Å²) in [5.41, 5.74) is 4.46. The standard InChI is InChI=1S/C20H18ClN7O2/c1-10-8-23-20(29)18-17(25-13-5-3-4-12(21)19(13)30-2)16(27-28(10)18)11-6-7-22-14-9-24-26-15(11)14/h3-7,9-10,25H,8H2,1-2H3,(H,23,29)(H,24,26)/t10-/m0/s1. The second-order valence-electron chi connectivity index (χ2n) is 7.01. The topological polar surface area (TPSA) is 110 Å². The molecule has 0 saturated carbocycles. The van der Waals surface area contributed by atoms with Gasteiger partial charge in [0.15, 0.2) is 11.4 Å². The number of methoxy groups -OCH3 is 1. The highest BCUT2D eigenvalue weighted by Crippen LogP contribution is 2.41. The van der Waals surface area contributed by atoms with Crippen LogP contribution in [0.3, 0.4) is 0 Å². The molecule has 4 heterocycles. The van der Waals surface area contributed by atoms with Crippen molar-refractivity contribution in [3.8, 4) is 17.0 Å². The van der Waals surface area contributed by atoms with Crippen LogP contribution in [0.1, 0.15) is 23.5 Å². The summed E-state index contributed by atoms with van der Waals surface area (Å²) in [5.74, 6) is 0.279. The third-order valence-electron chi connectivity index (χ3n) is 5.13. The maximum atomic E-state index is 12.8. The van der Waals surface area contributed by atoms with Crippen molar-refractivity contribution in [2.75, 3.05) is 19.0 Å². The molecule has 0 bridgehead atoms. The molecule has 1 aromatic carbocycles. The van der Waals surface area contributed by atoms with Gasteiger partial charge in [-0.3, -0.25) is 19.6 Å². The third-order valence-corrected chi connectivity index (χ3v) is 5.43. The van der Waals surface area contributed by atoms with Gasteiger partial charge in [0, 0.05) is 18.3 Å². The normalized spacial score (nSPS) is 15.7. The van der Waals surface area contributed by atoms with Crippen LogP contribution in [0.4, 0.5) is 11.4 Å². The number of aromatic nitrogens is 5. The molecule has 0 radical (unpaired) electrons. The van der Waals surface area contributed by atoms with Crippen LogP contribution in [0, 0.1) is 0 Å². The molecule has 1 amide bonds. The second-order valence-corrected chi connectivity index (χ2v) is 7.42. The van der Waals surface area contributed by atoms with E-state index in [1.165, 1.54) is 0 Å². The highest BCUT2D eigenvalue weighted by atomic mass is 35.5. The SMILES string of the molecule is COc1c(Cl)cccc1Nc1c(-c2ccnc3cn[nH]c23)nn2c1C(=O)NC[C@@H]2C. The van der Waals surface area contributed by atoms with Crippen molar-refractivity contribution in [1.82, 2.24) is 30.3 Å². The highest BCUT2D eigenvalue weighted by molar-refractivity contribution is 6.32. The van der Waals surface area contributed by atoms with E-state index >= 15 is 0 Å². The number of halogens is 1. The van der Waals surface area contributed by atoms with Gasteiger partial charge >= 0.3 is 0 Å². The summed E-state index contributed by atoms with van der Waals surface area (Å²) < 4.78 is 7.22. The monoisotopic (exact) mass is 423 g/mol. The van der Waals surface area contributed by atoms with Gasteiger partial charge < -0.3 is 15.4 Å². The average molecular weight is 424 g/mol. The molecule has 3 aromatic heterocycles. The number of nitrogens with one attached hydrogen (secondary N) is 3. The van der Waals surface area contributed by atoms with Gasteiger partial charge in [-0.1, -0.05) is 17.7 Å². The number of H-pyrrole nitrogens is 1. The molecule has 5 rings (SSSR count). The number of aromatic amines is 1. The number of rotatable bonds is 4. The zero-order valence-electron chi connectivity index (χ0n) is 16.2. The minimum atomic E-state index is -0.203. The Morgan fingerprint density at radius 1 is 1.33 bits per heavy atom. The Bertz CT molecular complexity index is 1280. The summed E-state index contributed by atoms with van der Waals surface area (Å²) in [4.78, 5) is 17.1. The fraction of sp³-hybridized carbons (Fsp3) is 0.200. The minimum Gasteiger partial charge on any atom is -0.493 e. The number of para-hydroxylation sites is 1. The van der Waals surface area contributed by atoms with E-state index < -0.39 is 0 Å². The van der Waals surface area contributed by atoms with Crippen LogP contribution in [-0.2, 0) is 0 Å². The first kappa shape index (κ1) is 18.4. The molecular weight excluding hydrogens is 406 g/mol. The van der Waals surface area contributed by atoms with E-state index in [9.17, 15) is 4.79 Å². The molecule has 30 heavy (non-hydrogen) atoms. The number of amides is 1. The van der Waals surface area contributed by atoms with Gasteiger partial charge in [0.05, 0.1) is 41.3 Å². The Labute approximate surface area is 176 Å². The molecule has 0 fully saturated rings. The van der Waals surface area contributed by atoms with Crippen LogP contribution in [0.5, 0.6) is 5.75 Å². The predicted molar refractivity (Wildman–Crippen MR) is 113 cm³/mol. The van der Waals surface area contributed by atoms with E-state index in [0.29, 0.717) is 45.6 Å². The summed E-state index contributed by atoms with van der Waals surface area (Å²) in [6.45, 7) is 2.50. The van der Waals surface area contributed by atoms with Gasteiger partial charge in [-0.15, -0.1) is 0 Å². The molecular formula is C20H18ClN7O2. The van der Waals surface area contributed by atoms with Crippen molar-refractivity contribution < 1.29 is 9.53 Å². The lowest BCUT2D eigenvalue weighted by Crippen LogP contribution is -2.38. The zero-order chi connectivity index (χ0) is 20.8. The molecule has 0 saturated heterocycles. The van der Waals surface area contributed by atoms with Crippen LogP contribution in [0.2, 0.25) is 5.02 Å². The van der Waals surface area contributed by atoms with E-state index in [1.54, 1.807) is 30.3 Å². The number of fused-ring (bicyclic) bond motifs is 2. The van der Waals surface area contributed by atoms with Crippen LogP contribution < -0.4 is 15.4 Å². The summed E-state index contributed by atoms with van der Waals surface area (Å²) in [7, 11) is 1.55. The Hall–Kier alpha value is -3.59. The van der Waals surface area contributed by atoms with Crippen LogP contribution in [-0.4, -0.2) is 44.5 Å². The van der Waals surface area contributed by atoms with E-state index in [2.05, 4.69) is 25.8 Å². The average Bonchev–Trinajstić information content (AvgIpc) is 3.36. The van der Waals surface area contributed by atoms with Crippen molar-refractivity contribution in [2.45, 2.75) is 13.0 Å². The van der Waals surface area contributed by atoms with E-state index in [1.807, 2.05) is 25.1 Å². The zero-order valence-corrected chi connectivity index (χ0v) is 17.0. The number of benzene rings is 1. The molecule has 1 aliphatic rings. The maximum Gasteiger partial charge on any atom is 0.271 e. The lowest BCUT2D eigenvalue weighted by atomic mass is 10.1. The molecule has 0 aliphatic carbocycles. The summed E-state index contributed by atoms with van der Waals surface area (Å²) in [5, 5.41) is 18.6. The summed E-state index contributed by atoms with van der Waals surface area (Å²) in [6.07, 6.45) is 3.34. The van der Waals surface area contributed by atoms with Crippen molar-refractivity contribution in [2.24, 2.45) is 0 Å². The Kier molecular flexibility index (Phi) is 4.32. The number of pyridine rings is 1. The largest absolute Gasteiger partial charge is 0.493 e. The second kappa shape index (κ2) is 7.03. The minimum absolute atomic E-state index is 0.00708. The Balaban J connectivity index is 1.76. The van der Waals surface area contributed by atoms with Gasteiger partial charge in [-0.2, -0.15) is 10.2 Å². The Morgan fingerprint density at radius 3 is 3.03 bits per heavy atom. The van der Waals surface area contributed by atoms with Gasteiger partial charge in [0.2, 0.25) is 0 Å². The number of anilines is 2. The number of carbonyl (C=O) groups excluding carboxylic acids is 1. The highest BCUT2D eigenvalue weighted by Gasteiger charge is 2.31. The van der Waals surface area contributed by atoms with Gasteiger partial charge in [-0.25, -0.2) is 0 Å². The van der Waals surface area contributed by atoms with Crippen LogP contribution in [0.15, 0.2) is 36.7 Å².